The molecule has 2 heterocycles. The largest absolute Gasteiger partial charge is 0.342 e. The molecule has 0 aliphatic rings. The number of carbonyl (C=O) groups excluding carboxylic acids is 1. The van der Waals surface area contributed by atoms with Gasteiger partial charge in [-0.15, -0.1) is 0 Å². The molecule has 0 saturated heterocycles. The van der Waals surface area contributed by atoms with Crippen LogP contribution in [0, 0.1) is 0 Å². The Hall–Kier alpha value is -2.49. The second-order valence-corrected chi connectivity index (χ2v) is 9.86. The maximum Gasteiger partial charge on any atom is 0.251 e. The minimum absolute atomic E-state index is 0.299. The molecule has 8 nitrogen and oxygen atoms in total. The quantitative estimate of drug-likeness (QED) is 0.633. The molecule has 11 heteroatoms. The van der Waals surface area contributed by atoms with Crippen LogP contribution in [0.15, 0.2) is 47.2 Å². The summed E-state index contributed by atoms with van der Waals surface area (Å²) in [6.07, 6.45) is 5.98. The minimum Gasteiger partial charge on any atom is -0.342 e. The predicted molar refractivity (Wildman–Crippen MR) is 114 cm³/mol. The molecule has 3 aromatic rings. The van der Waals surface area contributed by atoms with E-state index >= 15 is 0 Å². The van der Waals surface area contributed by atoms with Gasteiger partial charge in [-0.2, -0.15) is 14.1 Å². The second kappa shape index (κ2) is 8.48. The van der Waals surface area contributed by atoms with Gasteiger partial charge in [0, 0.05) is 27.8 Å². The van der Waals surface area contributed by atoms with Crippen molar-refractivity contribution in [2.24, 2.45) is 4.36 Å². The molecule has 0 aliphatic heterocycles. The molecule has 0 bridgehead atoms. The van der Waals surface area contributed by atoms with E-state index in [0.29, 0.717) is 32.9 Å². The normalized spacial score (nSPS) is 12.4. The molecular formula is C18H18Cl2N6O2S. The molecule has 0 fully saturated rings. The summed E-state index contributed by atoms with van der Waals surface area (Å²) in [7, 11) is -2.28. The minimum atomic E-state index is -2.28. The Morgan fingerprint density at radius 2 is 1.93 bits per heavy atom. The fourth-order valence-corrected chi connectivity index (χ4v) is 3.43. The monoisotopic (exact) mass is 452 g/mol. The van der Waals surface area contributed by atoms with Crippen LogP contribution in [0.4, 0.5) is 5.69 Å². The van der Waals surface area contributed by atoms with Crippen molar-refractivity contribution in [1.29, 1.82) is 0 Å². The number of hydrogen-bond donors (Lipinski definition) is 1. The van der Waals surface area contributed by atoms with Gasteiger partial charge in [-0.25, -0.2) is 14.2 Å². The summed E-state index contributed by atoms with van der Waals surface area (Å²) in [5.41, 5.74) is 0.885. The average molecular weight is 453 g/mol. The van der Waals surface area contributed by atoms with Crippen LogP contribution < -0.4 is 5.32 Å². The molecule has 1 atom stereocenters. The Bertz CT molecular complexity index is 1160. The third-order valence-electron chi connectivity index (χ3n) is 3.77. The lowest BCUT2D eigenvalue weighted by Gasteiger charge is -2.14. The van der Waals surface area contributed by atoms with E-state index in [1.54, 1.807) is 43.7 Å². The van der Waals surface area contributed by atoms with Crippen LogP contribution in [-0.4, -0.2) is 42.4 Å². The van der Waals surface area contributed by atoms with Gasteiger partial charge in [0.05, 0.1) is 28.0 Å². The number of halogens is 2. The number of benzene rings is 1. The van der Waals surface area contributed by atoms with Crippen LogP contribution in [0.5, 0.6) is 0 Å². The number of aromatic nitrogens is 4. The lowest BCUT2D eigenvalue weighted by molar-refractivity contribution is 0.0938. The molecule has 0 aliphatic carbocycles. The summed E-state index contributed by atoms with van der Waals surface area (Å²) in [6.45, 7) is 1.78. The highest BCUT2D eigenvalue weighted by Gasteiger charge is 2.18. The van der Waals surface area contributed by atoms with Crippen LogP contribution in [0.25, 0.3) is 5.82 Å². The molecule has 1 aromatic carbocycles. The highest BCUT2D eigenvalue weighted by atomic mass is 35.5. The van der Waals surface area contributed by atoms with Gasteiger partial charge in [0.1, 0.15) is 6.33 Å². The van der Waals surface area contributed by atoms with Gasteiger partial charge in [-0.05, 0) is 37.3 Å². The summed E-state index contributed by atoms with van der Waals surface area (Å²) in [5, 5.41) is 7.71. The van der Waals surface area contributed by atoms with Crippen LogP contribution >= 0.6 is 23.2 Å². The first-order valence-electron chi connectivity index (χ1n) is 8.43. The van der Waals surface area contributed by atoms with Crippen LogP contribution in [0.3, 0.4) is 0 Å². The first kappa shape index (κ1) is 21.2. The summed E-state index contributed by atoms with van der Waals surface area (Å²) in [4.78, 5) is 21.1. The van der Waals surface area contributed by atoms with E-state index in [2.05, 4.69) is 24.7 Å². The fourth-order valence-electron chi connectivity index (χ4n) is 2.52. The SMILES string of the molecule is C[C@H](NC(=O)c1ccc(Cl)c(Cl)c1)c1ncnn1-c1ccc(N=S(C)(C)=O)cn1. The molecule has 29 heavy (non-hydrogen) atoms. The molecule has 0 saturated carbocycles. The maximum absolute atomic E-state index is 12.5. The zero-order valence-electron chi connectivity index (χ0n) is 15.8. The molecule has 1 amide bonds. The van der Waals surface area contributed by atoms with Crippen molar-refractivity contribution >= 4 is 44.5 Å². The second-order valence-electron chi connectivity index (χ2n) is 6.50. The van der Waals surface area contributed by atoms with Crippen molar-refractivity contribution in [2.75, 3.05) is 12.5 Å². The van der Waals surface area contributed by atoms with Gasteiger partial charge in [0.25, 0.3) is 5.91 Å². The van der Waals surface area contributed by atoms with Crippen molar-refractivity contribution in [3.05, 3.63) is 64.3 Å². The average Bonchev–Trinajstić information content (AvgIpc) is 3.13. The smallest absolute Gasteiger partial charge is 0.251 e. The van der Waals surface area contributed by atoms with E-state index in [9.17, 15) is 9.00 Å². The number of nitrogens with zero attached hydrogens (tertiary/aromatic N) is 5. The third kappa shape index (κ3) is 5.31. The van der Waals surface area contributed by atoms with E-state index in [4.69, 9.17) is 23.2 Å². The molecule has 1 N–H and O–H groups in total. The Kier molecular flexibility index (Phi) is 6.21. The first-order valence-corrected chi connectivity index (χ1v) is 11.5. The topological polar surface area (TPSA) is 102 Å². The summed E-state index contributed by atoms with van der Waals surface area (Å²) >= 11 is 11.9. The number of rotatable bonds is 5. The Morgan fingerprint density at radius 1 is 1.17 bits per heavy atom. The van der Waals surface area contributed by atoms with Crippen molar-refractivity contribution in [3.8, 4) is 5.82 Å². The predicted octanol–water partition coefficient (Wildman–Crippen LogP) is 3.82. The van der Waals surface area contributed by atoms with Gasteiger partial charge in [0.2, 0.25) is 0 Å². The van der Waals surface area contributed by atoms with E-state index < -0.39 is 15.8 Å². The Morgan fingerprint density at radius 3 is 2.55 bits per heavy atom. The van der Waals surface area contributed by atoms with Gasteiger partial charge in [0.15, 0.2) is 11.6 Å². The molecule has 0 radical (unpaired) electrons. The van der Waals surface area contributed by atoms with E-state index in [1.165, 1.54) is 23.3 Å². The number of nitrogens with one attached hydrogen (secondary N) is 1. The molecule has 0 unspecified atom stereocenters. The van der Waals surface area contributed by atoms with Crippen LogP contribution in [0.2, 0.25) is 10.0 Å². The summed E-state index contributed by atoms with van der Waals surface area (Å²) in [5.74, 6) is 0.657. The van der Waals surface area contributed by atoms with Crippen molar-refractivity contribution in [2.45, 2.75) is 13.0 Å². The highest BCUT2D eigenvalue weighted by Crippen LogP contribution is 2.23. The zero-order chi connectivity index (χ0) is 21.2. The van der Waals surface area contributed by atoms with Crippen LogP contribution in [-0.2, 0) is 9.73 Å². The van der Waals surface area contributed by atoms with Gasteiger partial charge < -0.3 is 5.32 Å². The van der Waals surface area contributed by atoms with Crippen LogP contribution in [0.1, 0.15) is 29.1 Å². The molecule has 3 rings (SSSR count). The lowest BCUT2D eigenvalue weighted by Crippen LogP contribution is -2.28. The van der Waals surface area contributed by atoms with Gasteiger partial charge in [-0.3, -0.25) is 4.79 Å². The molecule has 2 aromatic heterocycles. The maximum atomic E-state index is 12.5. The number of hydrogen-bond acceptors (Lipinski definition) is 6. The Balaban J connectivity index is 1.81. The molecule has 0 spiro atoms. The van der Waals surface area contributed by atoms with E-state index in [-0.39, 0.29) is 5.91 Å². The van der Waals surface area contributed by atoms with E-state index in [1.807, 2.05) is 0 Å². The summed E-state index contributed by atoms with van der Waals surface area (Å²) in [6, 6.07) is 7.57. The fraction of sp³-hybridized carbons (Fsp3) is 0.222. The number of amides is 1. The van der Waals surface area contributed by atoms with Crippen molar-refractivity contribution in [1.82, 2.24) is 25.1 Å². The first-order chi connectivity index (χ1) is 13.6. The summed E-state index contributed by atoms with van der Waals surface area (Å²) < 4.78 is 17.4. The molecular weight excluding hydrogens is 435 g/mol. The zero-order valence-corrected chi connectivity index (χ0v) is 18.2. The molecule has 152 valence electrons. The number of carbonyl (C=O) groups is 1. The lowest BCUT2D eigenvalue weighted by atomic mass is 10.2. The van der Waals surface area contributed by atoms with Gasteiger partial charge >= 0.3 is 0 Å². The Labute approximate surface area is 178 Å². The number of pyridine rings is 1. The standard InChI is InChI=1S/C18H18Cl2N6O2S/c1-11(24-18(27)12-4-6-14(19)15(20)8-12)17-22-10-23-26(17)16-7-5-13(9-21-16)25-29(2,3)28/h4-11H,1-3H3,(H,24,27)/t11-/m0/s1. The van der Waals surface area contributed by atoms with E-state index in [0.717, 1.165) is 0 Å². The van der Waals surface area contributed by atoms with Gasteiger partial charge in [-0.1, -0.05) is 23.2 Å². The third-order valence-corrected chi connectivity index (χ3v) is 5.15. The van der Waals surface area contributed by atoms with Crippen molar-refractivity contribution in [3.63, 3.8) is 0 Å². The van der Waals surface area contributed by atoms with Crippen molar-refractivity contribution < 1.29 is 9.00 Å². The highest BCUT2D eigenvalue weighted by molar-refractivity contribution is 7.92.